The smallest absolute Gasteiger partial charge is 0.221 e. The summed E-state index contributed by atoms with van der Waals surface area (Å²) in [5, 5.41) is 15.1. The quantitative estimate of drug-likeness (QED) is 0.275. The Labute approximate surface area is 226 Å². The van der Waals surface area contributed by atoms with Gasteiger partial charge in [-0.3, -0.25) is 9.69 Å². The first-order valence-corrected chi connectivity index (χ1v) is 14.5. The molecule has 1 saturated carbocycles. The van der Waals surface area contributed by atoms with Gasteiger partial charge >= 0.3 is 0 Å². The number of likely N-dealkylation sites (tertiary alicyclic amines) is 1. The molecule has 2 aliphatic rings. The van der Waals surface area contributed by atoms with E-state index in [1.807, 2.05) is 30.3 Å². The monoisotopic (exact) mass is 517 g/mol. The van der Waals surface area contributed by atoms with Gasteiger partial charge in [0, 0.05) is 42.7 Å². The molecule has 0 spiro atoms. The van der Waals surface area contributed by atoms with Crippen molar-refractivity contribution in [1.29, 1.82) is 0 Å². The van der Waals surface area contributed by atoms with Crippen molar-refractivity contribution in [3.63, 3.8) is 0 Å². The van der Waals surface area contributed by atoms with Gasteiger partial charge in [-0.05, 0) is 80.3 Å². The highest BCUT2D eigenvalue weighted by Crippen LogP contribution is 2.34. The Balaban J connectivity index is 1.07. The van der Waals surface area contributed by atoms with Crippen molar-refractivity contribution in [2.45, 2.75) is 82.5 Å². The summed E-state index contributed by atoms with van der Waals surface area (Å²) in [6.07, 6.45) is 12.0. The number of nitrogens with zero attached hydrogens (tertiary/aromatic N) is 1. The lowest BCUT2D eigenvalue weighted by molar-refractivity contribution is -0.121. The standard InChI is InChI=1S/C32H43N3O3/c36-31(33-17-20-38-24-26-7-2-1-3-8-26)13-19-35-18-6-9-28(35)22-27-23-34-30-11-10-25(21-29(27)30)12-16-32(37)14-4-5-15-32/h1-3,7-8,10-11,21,23,28,34,37H,4-6,9,12-20,22,24H2,(H,33,36)/t28-/m1/s1. The number of aromatic amines is 1. The second-order valence-electron chi connectivity index (χ2n) is 11.3. The third-order valence-corrected chi connectivity index (χ3v) is 8.51. The lowest BCUT2D eigenvalue weighted by atomic mass is 9.92. The van der Waals surface area contributed by atoms with Crippen molar-refractivity contribution in [3.8, 4) is 0 Å². The van der Waals surface area contributed by atoms with Crippen LogP contribution in [0.1, 0.15) is 68.1 Å². The lowest BCUT2D eigenvalue weighted by Gasteiger charge is -2.24. The Kier molecular flexibility index (Phi) is 9.15. The van der Waals surface area contributed by atoms with Crippen LogP contribution in [0.2, 0.25) is 0 Å². The molecule has 0 radical (unpaired) electrons. The molecule has 1 saturated heterocycles. The maximum atomic E-state index is 12.4. The van der Waals surface area contributed by atoms with E-state index in [0.717, 1.165) is 63.6 Å². The largest absolute Gasteiger partial charge is 0.390 e. The first-order valence-electron chi connectivity index (χ1n) is 14.5. The van der Waals surface area contributed by atoms with Gasteiger partial charge in [-0.1, -0.05) is 49.2 Å². The summed E-state index contributed by atoms with van der Waals surface area (Å²) in [6, 6.07) is 17.3. The van der Waals surface area contributed by atoms with E-state index >= 15 is 0 Å². The number of rotatable bonds is 13. The summed E-state index contributed by atoms with van der Waals surface area (Å²) in [7, 11) is 0. The summed E-state index contributed by atoms with van der Waals surface area (Å²) in [5.41, 5.74) is 4.54. The van der Waals surface area contributed by atoms with E-state index in [1.54, 1.807) is 0 Å². The number of amides is 1. The lowest BCUT2D eigenvalue weighted by Crippen LogP contribution is -2.36. The number of hydrogen-bond acceptors (Lipinski definition) is 4. The minimum Gasteiger partial charge on any atom is -0.390 e. The first kappa shape index (κ1) is 26.9. The number of aliphatic hydroxyl groups is 1. The molecule has 3 aromatic rings. The Hall–Kier alpha value is -2.67. The maximum absolute atomic E-state index is 12.4. The molecule has 1 amide bonds. The summed E-state index contributed by atoms with van der Waals surface area (Å²) in [5.74, 6) is 0.0969. The Morgan fingerprint density at radius 1 is 1.11 bits per heavy atom. The van der Waals surface area contributed by atoms with Gasteiger partial charge in [-0.25, -0.2) is 0 Å². The average Bonchev–Trinajstić information content (AvgIpc) is 3.68. The number of ether oxygens (including phenoxy) is 1. The molecule has 1 aliphatic heterocycles. The molecule has 0 unspecified atom stereocenters. The minimum absolute atomic E-state index is 0.0969. The maximum Gasteiger partial charge on any atom is 0.221 e. The molecular formula is C32H43N3O3. The van der Waals surface area contributed by atoms with Crippen LogP contribution < -0.4 is 5.32 Å². The summed E-state index contributed by atoms with van der Waals surface area (Å²) < 4.78 is 5.67. The normalized spacial score (nSPS) is 19.3. The molecule has 1 atom stereocenters. The Morgan fingerprint density at radius 2 is 1.95 bits per heavy atom. The zero-order valence-corrected chi connectivity index (χ0v) is 22.6. The van der Waals surface area contributed by atoms with Crippen molar-refractivity contribution in [2.24, 2.45) is 0 Å². The number of aromatic nitrogens is 1. The molecule has 6 heteroatoms. The van der Waals surface area contributed by atoms with Gasteiger partial charge in [0.25, 0.3) is 0 Å². The number of nitrogens with one attached hydrogen (secondary N) is 2. The molecule has 5 rings (SSSR count). The summed E-state index contributed by atoms with van der Waals surface area (Å²) in [6.45, 7) is 3.50. The Morgan fingerprint density at radius 3 is 2.79 bits per heavy atom. The van der Waals surface area contributed by atoms with Crippen LogP contribution in [-0.4, -0.2) is 58.8 Å². The van der Waals surface area contributed by atoms with Crippen molar-refractivity contribution in [2.75, 3.05) is 26.2 Å². The third-order valence-electron chi connectivity index (χ3n) is 8.51. The topological polar surface area (TPSA) is 77.6 Å². The van der Waals surface area contributed by atoms with Crippen LogP contribution >= 0.6 is 0 Å². The van der Waals surface area contributed by atoms with Crippen LogP contribution in [0.5, 0.6) is 0 Å². The van der Waals surface area contributed by atoms with E-state index < -0.39 is 5.60 Å². The van der Waals surface area contributed by atoms with Gasteiger partial charge < -0.3 is 20.1 Å². The van der Waals surface area contributed by atoms with Crippen molar-refractivity contribution < 1.29 is 14.6 Å². The highest BCUT2D eigenvalue weighted by atomic mass is 16.5. The van der Waals surface area contributed by atoms with Gasteiger partial charge in [0.05, 0.1) is 18.8 Å². The minimum atomic E-state index is -0.457. The Bertz CT molecular complexity index is 1170. The average molecular weight is 518 g/mol. The number of carbonyl (C=O) groups is 1. The highest BCUT2D eigenvalue weighted by molar-refractivity contribution is 5.84. The van der Waals surface area contributed by atoms with Crippen molar-refractivity contribution in [3.05, 3.63) is 71.4 Å². The molecule has 2 fully saturated rings. The van der Waals surface area contributed by atoms with Gasteiger partial charge in [0.1, 0.15) is 0 Å². The molecule has 1 aliphatic carbocycles. The predicted molar refractivity (Wildman–Crippen MR) is 152 cm³/mol. The highest BCUT2D eigenvalue weighted by Gasteiger charge is 2.30. The second-order valence-corrected chi connectivity index (χ2v) is 11.3. The van der Waals surface area contributed by atoms with Crippen molar-refractivity contribution in [1.82, 2.24) is 15.2 Å². The number of aryl methyl sites for hydroxylation is 1. The molecule has 38 heavy (non-hydrogen) atoms. The second kappa shape index (κ2) is 12.9. The van der Waals surface area contributed by atoms with E-state index in [-0.39, 0.29) is 5.91 Å². The van der Waals surface area contributed by atoms with E-state index in [2.05, 4.69) is 39.6 Å². The predicted octanol–water partition coefficient (Wildman–Crippen LogP) is 5.14. The van der Waals surface area contributed by atoms with Crippen LogP contribution in [0.15, 0.2) is 54.7 Å². The zero-order chi connectivity index (χ0) is 26.2. The van der Waals surface area contributed by atoms with E-state index in [0.29, 0.717) is 32.2 Å². The SMILES string of the molecule is O=C(CCN1CCC[C@@H]1Cc1c[nH]c2ccc(CCC3(O)CCCC3)cc12)NCCOCc1ccccc1. The van der Waals surface area contributed by atoms with Gasteiger partial charge in [0.2, 0.25) is 5.91 Å². The van der Waals surface area contributed by atoms with E-state index in [9.17, 15) is 9.90 Å². The molecule has 0 bridgehead atoms. The van der Waals surface area contributed by atoms with E-state index in [1.165, 1.54) is 34.9 Å². The summed E-state index contributed by atoms with van der Waals surface area (Å²) in [4.78, 5) is 18.4. The number of hydrogen-bond donors (Lipinski definition) is 3. The fourth-order valence-corrected chi connectivity index (χ4v) is 6.25. The molecule has 1 aromatic heterocycles. The number of carbonyl (C=O) groups excluding carboxylic acids is 1. The van der Waals surface area contributed by atoms with Gasteiger partial charge in [-0.2, -0.15) is 0 Å². The summed E-state index contributed by atoms with van der Waals surface area (Å²) >= 11 is 0. The van der Waals surface area contributed by atoms with Crippen molar-refractivity contribution >= 4 is 16.8 Å². The third kappa shape index (κ3) is 7.25. The van der Waals surface area contributed by atoms with Crippen LogP contribution in [-0.2, 0) is 29.0 Å². The number of H-pyrrole nitrogens is 1. The molecule has 3 N–H and O–H groups in total. The number of benzene rings is 2. The van der Waals surface area contributed by atoms with E-state index in [4.69, 9.17) is 4.74 Å². The molecule has 2 heterocycles. The van der Waals surface area contributed by atoms with Crippen LogP contribution in [0.4, 0.5) is 0 Å². The zero-order valence-electron chi connectivity index (χ0n) is 22.6. The fraction of sp³-hybridized carbons (Fsp3) is 0.531. The van der Waals surface area contributed by atoms with Crippen LogP contribution in [0.3, 0.4) is 0 Å². The van der Waals surface area contributed by atoms with Gasteiger partial charge in [0.15, 0.2) is 0 Å². The first-order chi connectivity index (χ1) is 18.6. The van der Waals surface area contributed by atoms with Gasteiger partial charge in [-0.15, -0.1) is 0 Å². The molecule has 204 valence electrons. The molecule has 6 nitrogen and oxygen atoms in total. The molecule has 2 aromatic carbocycles. The van der Waals surface area contributed by atoms with Crippen LogP contribution in [0, 0.1) is 0 Å². The van der Waals surface area contributed by atoms with Crippen LogP contribution in [0.25, 0.3) is 10.9 Å². The fourth-order valence-electron chi connectivity index (χ4n) is 6.25. The number of fused-ring (bicyclic) bond motifs is 1. The molecular weight excluding hydrogens is 474 g/mol.